The van der Waals surface area contributed by atoms with E-state index in [4.69, 9.17) is 16.3 Å². The van der Waals surface area contributed by atoms with Crippen LogP contribution in [0.2, 0.25) is 5.02 Å². The predicted molar refractivity (Wildman–Crippen MR) is 95.6 cm³/mol. The first-order valence-corrected chi connectivity index (χ1v) is 9.98. The second kappa shape index (κ2) is 8.45. The van der Waals surface area contributed by atoms with Gasteiger partial charge in [0.15, 0.2) is 0 Å². The van der Waals surface area contributed by atoms with Gasteiger partial charge >= 0.3 is 6.09 Å². The fraction of sp³-hybridized carbons (Fsp3) is 0.357. The number of aromatic nitrogens is 2. The Morgan fingerprint density at radius 1 is 1.40 bits per heavy atom. The van der Waals surface area contributed by atoms with Crippen LogP contribution in [-0.2, 0) is 21.2 Å². The molecule has 0 atom stereocenters. The van der Waals surface area contributed by atoms with Crippen LogP contribution in [0.5, 0.6) is 0 Å². The zero-order valence-electron chi connectivity index (χ0n) is 13.6. The molecule has 11 heteroatoms. The lowest BCUT2D eigenvalue weighted by Gasteiger charge is -2.08. The lowest BCUT2D eigenvalue weighted by atomic mass is 10.2. The molecule has 0 aliphatic heterocycles. The lowest BCUT2D eigenvalue weighted by Crippen LogP contribution is -2.24. The topological polar surface area (TPSA) is 110 Å². The van der Waals surface area contributed by atoms with Crippen molar-refractivity contribution in [1.82, 2.24) is 14.7 Å². The van der Waals surface area contributed by atoms with Crippen molar-refractivity contribution >= 4 is 44.4 Å². The monoisotopic (exact) mass is 404 g/mol. The summed E-state index contributed by atoms with van der Waals surface area (Å²) in [4.78, 5) is 15.3. The second-order valence-corrected chi connectivity index (χ2v) is 7.71. The number of halogens is 1. The van der Waals surface area contributed by atoms with Gasteiger partial charge in [0.2, 0.25) is 5.13 Å². The van der Waals surface area contributed by atoms with E-state index in [1.807, 2.05) is 0 Å². The predicted octanol–water partition coefficient (Wildman–Crippen LogP) is 2.59. The lowest BCUT2D eigenvalue weighted by molar-refractivity contribution is 0.147. The maximum absolute atomic E-state index is 12.5. The highest BCUT2D eigenvalue weighted by atomic mass is 35.5. The van der Waals surface area contributed by atoms with Crippen molar-refractivity contribution in [2.45, 2.75) is 25.2 Å². The van der Waals surface area contributed by atoms with Crippen LogP contribution in [0.1, 0.15) is 18.3 Å². The Morgan fingerprint density at radius 2 is 2.16 bits per heavy atom. The molecular weight excluding hydrogens is 388 g/mol. The van der Waals surface area contributed by atoms with E-state index in [-0.39, 0.29) is 23.1 Å². The first-order valence-electron chi connectivity index (χ1n) is 7.34. The SMILES string of the molecule is CCNC(=O)OCCc1nsc(NS(=O)(=O)c2cccc(Cl)c2C)n1. The van der Waals surface area contributed by atoms with Crippen LogP contribution >= 0.6 is 23.1 Å². The van der Waals surface area contributed by atoms with E-state index < -0.39 is 16.1 Å². The first kappa shape index (κ1) is 19.4. The number of carbonyl (C=O) groups is 1. The smallest absolute Gasteiger partial charge is 0.407 e. The molecule has 0 saturated carbocycles. The highest BCUT2D eigenvalue weighted by molar-refractivity contribution is 7.93. The third kappa shape index (κ3) is 5.28. The number of hydrogen-bond donors (Lipinski definition) is 2. The van der Waals surface area contributed by atoms with Crippen molar-refractivity contribution in [1.29, 1.82) is 0 Å². The Hall–Kier alpha value is -1.91. The number of hydrogen-bond acceptors (Lipinski definition) is 7. The van der Waals surface area contributed by atoms with Gasteiger partial charge in [-0.25, -0.2) is 18.2 Å². The van der Waals surface area contributed by atoms with E-state index in [9.17, 15) is 13.2 Å². The summed E-state index contributed by atoms with van der Waals surface area (Å²) in [6.07, 6.45) is -0.235. The van der Waals surface area contributed by atoms with Crippen molar-refractivity contribution < 1.29 is 17.9 Å². The van der Waals surface area contributed by atoms with Gasteiger partial charge in [0.1, 0.15) is 12.4 Å². The molecule has 1 aromatic carbocycles. The molecule has 8 nitrogen and oxygen atoms in total. The Kier molecular flexibility index (Phi) is 6.57. The minimum Gasteiger partial charge on any atom is -0.449 e. The number of ether oxygens (including phenoxy) is 1. The van der Waals surface area contributed by atoms with Gasteiger partial charge in [-0.1, -0.05) is 17.7 Å². The summed E-state index contributed by atoms with van der Waals surface area (Å²) < 4.78 is 36.2. The molecule has 0 unspecified atom stereocenters. The fourth-order valence-electron chi connectivity index (χ4n) is 1.88. The Balaban J connectivity index is 2.00. The number of anilines is 1. The number of rotatable bonds is 7. The molecule has 1 amide bonds. The standard InChI is InChI=1S/C14H17ClN4O4S2/c1-3-16-14(20)23-8-7-12-17-13(24-18-12)19-25(21,22)11-6-4-5-10(15)9(11)2/h4-6H,3,7-8H2,1-2H3,(H,16,20)(H,17,18,19). The van der Waals surface area contributed by atoms with Crippen molar-refractivity contribution in [3.05, 3.63) is 34.6 Å². The summed E-state index contributed by atoms with van der Waals surface area (Å²) >= 11 is 6.88. The first-order chi connectivity index (χ1) is 11.8. The van der Waals surface area contributed by atoms with Gasteiger partial charge in [-0.05, 0) is 31.5 Å². The van der Waals surface area contributed by atoms with Gasteiger partial charge in [-0.15, -0.1) is 0 Å². The van der Waals surface area contributed by atoms with Gasteiger partial charge in [0.25, 0.3) is 10.0 Å². The number of carbonyl (C=O) groups excluding carboxylic acids is 1. The minimum absolute atomic E-state index is 0.0799. The molecule has 0 radical (unpaired) electrons. The molecular formula is C14H17ClN4O4S2. The van der Waals surface area contributed by atoms with Gasteiger partial charge < -0.3 is 10.1 Å². The van der Waals surface area contributed by atoms with Crippen LogP contribution < -0.4 is 10.0 Å². The van der Waals surface area contributed by atoms with Gasteiger partial charge in [0, 0.05) is 29.5 Å². The molecule has 0 spiro atoms. The molecule has 0 bridgehead atoms. The van der Waals surface area contributed by atoms with Crippen molar-refractivity contribution in [3.63, 3.8) is 0 Å². The zero-order valence-corrected chi connectivity index (χ0v) is 16.0. The molecule has 2 rings (SSSR count). The number of nitrogens with zero attached hydrogens (tertiary/aromatic N) is 2. The van der Waals surface area contributed by atoms with Crippen molar-refractivity contribution in [3.8, 4) is 0 Å². The summed E-state index contributed by atoms with van der Waals surface area (Å²) in [5.41, 5.74) is 0.455. The molecule has 2 N–H and O–H groups in total. The molecule has 136 valence electrons. The molecule has 1 heterocycles. The second-order valence-electron chi connectivity index (χ2n) is 4.90. The number of benzene rings is 1. The van der Waals surface area contributed by atoms with Gasteiger partial charge in [-0.2, -0.15) is 4.37 Å². The maximum atomic E-state index is 12.5. The molecule has 0 aliphatic carbocycles. The third-order valence-corrected chi connectivity index (χ3v) is 5.77. The van der Waals surface area contributed by atoms with Crippen LogP contribution in [-0.4, -0.2) is 37.0 Å². The van der Waals surface area contributed by atoms with Crippen LogP contribution in [0.25, 0.3) is 0 Å². The Labute approximate surface area is 154 Å². The fourth-order valence-corrected chi connectivity index (χ4v) is 4.21. The molecule has 0 aliphatic rings. The van der Waals surface area contributed by atoms with E-state index in [0.29, 0.717) is 23.0 Å². The average molecular weight is 405 g/mol. The third-order valence-electron chi connectivity index (χ3n) is 3.08. The quantitative estimate of drug-likeness (QED) is 0.733. The summed E-state index contributed by atoms with van der Waals surface area (Å²) in [6.45, 7) is 3.98. The Morgan fingerprint density at radius 3 is 2.88 bits per heavy atom. The van der Waals surface area contributed by atoms with Gasteiger partial charge in [-0.3, -0.25) is 4.72 Å². The zero-order chi connectivity index (χ0) is 18.4. The van der Waals surface area contributed by atoms with Crippen LogP contribution in [0.3, 0.4) is 0 Å². The maximum Gasteiger partial charge on any atom is 0.407 e. The highest BCUT2D eigenvalue weighted by Gasteiger charge is 2.20. The average Bonchev–Trinajstić information content (AvgIpc) is 2.96. The summed E-state index contributed by atoms with van der Waals surface area (Å²) in [5, 5.41) is 2.99. The van der Waals surface area contributed by atoms with E-state index in [2.05, 4.69) is 19.4 Å². The van der Waals surface area contributed by atoms with Gasteiger partial charge in [0.05, 0.1) is 4.90 Å². The Bertz CT molecular complexity index is 854. The molecule has 1 aromatic heterocycles. The molecule has 25 heavy (non-hydrogen) atoms. The molecule has 0 saturated heterocycles. The number of nitrogens with one attached hydrogen (secondary N) is 2. The van der Waals surface area contributed by atoms with Crippen LogP contribution in [0, 0.1) is 6.92 Å². The largest absolute Gasteiger partial charge is 0.449 e. The normalized spacial score (nSPS) is 11.2. The van der Waals surface area contributed by atoms with E-state index >= 15 is 0 Å². The number of alkyl carbamates (subject to hydrolysis) is 1. The molecule has 0 fully saturated rings. The van der Waals surface area contributed by atoms with E-state index in [1.165, 1.54) is 6.07 Å². The van der Waals surface area contributed by atoms with Crippen LogP contribution in [0.15, 0.2) is 23.1 Å². The van der Waals surface area contributed by atoms with E-state index in [1.54, 1.807) is 26.0 Å². The van der Waals surface area contributed by atoms with Crippen molar-refractivity contribution in [2.24, 2.45) is 0 Å². The van der Waals surface area contributed by atoms with E-state index in [0.717, 1.165) is 11.5 Å². The summed E-state index contributed by atoms with van der Waals surface area (Å²) in [6, 6.07) is 4.65. The number of amides is 1. The minimum atomic E-state index is -3.82. The van der Waals surface area contributed by atoms with Crippen LogP contribution in [0.4, 0.5) is 9.93 Å². The molecule has 2 aromatic rings. The summed E-state index contributed by atoms with van der Waals surface area (Å²) in [7, 11) is -3.82. The number of sulfonamides is 1. The van der Waals surface area contributed by atoms with Crippen molar-refractivity contribution in [2.75, 3.05) is 17.9 Å². The summed E-state index contributed by atoms with van der Waals surface area (Å²) in [5.74, 6) is 0.384. The highest BCUT2D eigenvalue weighted by Crippen LogP contribution is 2.25.